The highest BCUT2D eigenvalue weighted by Gasteiger charge is 2.50. The third kappa shape index (κ3) is 6.12. The Morgan fingerprint density at radius 3 is 2.76 bits per heavy atom. The number of benzene rings is 1. The Hall–Kier alpha value is -3.53. The molecule has 3 aliphatic heterocycles. The lowest BCUT2D eigenvalue weighted by molar-refractivity contribution is -0.135. The number of carbonyl (C=O) groups excluding carboxylic acids is 4. The molecule has 1 aromatic carbocycles. The summed E-state index contributed by atoms with van der Waals surface area (Å²) in [4.78, 5) is 53.0. The predicted molar refractivity (Wildman–Crippen MR) is 134 cm³/mol. The first kappa shape index (κ1) is 27.5. The zero-order valence-electron chi connectivity index (χ0n) is 21.3. The maximum absolute atomic E-state index is 13.8. The third-order valence-electron chi connectivity index (χ3n) is 7.38. The number of aryl methyl sites for hydroxylation is 1. The maximum atomic E-state index is 13.8. The van der Waals surface area contributed by atoms with E-state index >= 15 is 0 Å². The lowest BCUT2D eigenvalue weighted by atomic mass is 9.99. The van der Waals surface area contributed by atoms with Gasteiger partial charge in [0.15, 0.2) is 7.98 Å². The highest BCUT2D eigenvalue weighted by Crippen LogP contribution is 2.34. The van der Waals surface area contributed by atoms with Gasteiger partial charge in [0.05, 0.1) is 12.6 Å². The molecule has 3 atom stereocenters. The van der Waals surface area contributed by atoms with Gasteiger partial charge in [-0.1, -0.05) is 18.2 Å². The molecule has 0 aliphatic carbocycles. The van der Waals surface area contributed by atoms with Crippen LogP contribution in [-0.4, -0.2) is 79.1 Å². The number of hydrogen-bond acceptors (Lipinski definition) is 6. The van der Waals surface area contributed by atoms with Gasteiger partial charge in [0.1, 0.15) is 12.1 Å². The van der Waals surface area contributed by atoms with Gasteiger partial charge in [0.25, 0.3) is 5.92 Å². The highest BCUT2D eigenvalue weighted by molar-refractivity contribution is 6.04. The summed E-state index contributed by atoms with van der Waals surface area (Å²) >= 11 is 0. The molecule has 3 aliphatic rings. The number of halogens is 2. The van der Waals surface area contributed by atoms with Crippen molar-refractivity contribution >= 4 is 31.6 Å². The van der Waals surface area contributed by atoms with E-state index in [1.807, 2.05) is 26.2 Å². The number of nitrogens with one attached hydrogen (secondary N) is 3. The Balaban J connectivity index is 1.31. The van der Waals surface area contributed by atoms with Crippen LogP contribution in [0.25, 0.3) is 0 Å². The number of nitriles is 1. The zero-order valence-corrected chi connectivity index (χ0v) is 21.3. The van der Waals surface area contributed by atoms with E-state index in [0.717, 1.165) is 21.6 Å². The first-order valence-corrected chi connectivity index (χ1v) is 12.8. The van der Waals surface area contributed by atoms with Gasteiger partial charge < -0.3 is 25.7 Å². The molecule has 3 heterocycles. The van der Waals surface area contributed by atoms with Crippen molar-refractivity contribution in [2.75, 3.05) is 19.6 Å². The van der Waals surface area contributed by atoms with E-state index in [4.69, 9.17) is 5.26 Å². The number of alkyl halides is 2. The summed E-state index contributed by atoms with van der Waals surface area (Å²) in [5, 5.41) is 17.5. The van der Waals surface area contributed by atoms with Crippen LogP contribution in [0.5, 0.6) is 0 Å². The van der Waals surface area contributed by atoms with Crippen LogP contribution in [0.1, 0.15) is 42.4 Å². The average molecular weight is 528 g/mol. The molecule has 2 fully saturated rings. The second-order valence-electron chi connectivity index (χ2n) is 10.1. The molecule has 10 nitrogen and oxygen atoms in total. The minimum absolute atomic E-state index is 0.0122. The second kappa shape index (κ2) is 11.5. The van der Waals surface area contributed by atoms with Crippen LogP contribution >= 0.6 is 0 Å². The van der Waals surface area contributed by atoms with Crippen LogP contribution in [0.15, 0.2) is 18.2 Å². The Morgan fingerprint density at radius 1 is 1.24 bits per heavy atom. The quantitative estimate of drug-likeness (QED) is 0.289. The number of fused-ring (bicyclic) bond motifs is 1. The minimum Gasteiger partial charge on any atom is -0.360 e. The van der Waals surface area contributed by atoms with E-state index in [-0.39, 0.29) is 24.7 Å². The summed E-state index contributed by atoms with van der Waals surface area (Å²) in [5.41, 5.74) is 3.00. The Bertz CT molecular complexity index is 1160. The van der Waals surface area contributed by atoms with Gasteiger partial charge in [-0.2, -0.15) is 5.26 Å². The Labute approximate surface area is 220 Å². The first-order chi connectivity index (χ1) is 18.1. The molecule has 0 unspecified atom stereocenters. The number of hydrogen-bond donors (Lipinski definition) is 3. The highest BCUT2D eigenvalue weighted by atomic mass is 19.3. The first-order valence-electron chi connectivity index (χ1n) is 12.8. The van der Waals surface area contributed by atoms with E-state index in [1.165, 1.54) is 0 Å². The molecule has 0 radical (unpaired) electrons. The van der Waals surface area contributed by atoms with E-state index in [1.54, 1.807) is 11.0 Å². The van der Waals surface area contributed by atoms with Crippen molar-refractivity contribution in [3.05, 3.63) is 34.9 Å². The number of nitrogens with zero attached hydrogens (tertiary/aromatic N) is 3. The van der Waals surface area contributed by atoms with Crippen LogP contribution in [0, 0.1) is 17.2 Å². The van der Waals surface area contributed by atoms with Crippen molar-refractivity contribution in [1.82, 2.24) is 25.7 Å². The number of rotatable bonds is 9. The Morgan fingerprint density at radius 2 is 2.03 bits per heavy atom. The smallest absolute Gasteiger partial charge is 0.268 e. The summed E-state index contributed by atoms with van der Waals surface area (Å²) in [6.45, 7) is 1.14. The topological polar surface area (TPSA) is 135 Å². The molecule has 3 N–H and O–H groups in total. The van der Waals surface area contributed by atoms with Crippen molar-refractivity contribution in [1.29, 1.82) is 5.26 Å². The molecule has 2 saturated heterocycles. The molecule has 13 heteroatoms. The van der Waals surface area contributed by atoms with Gasteiger partial charge in [-0.3, -0.25) is 19.2 Å². The van der Waals surface area contributed by atoms with Gasteiger partial charge >= 0.3 is 0 Å². The molecular weight excluding hydrogens is 497 g/mol. The fourth-order valence-corrected chi connectivity index (χ4v) is 5.35. The van der Waals surface area contributed by atoms with Gasteiger partial charge in [0, 0.05) is 51.4 Å². The molecule has 0 spiro atoms. The predicted octanol–water partition coefficient (Wildman–Crippen LogP) is -0.630. The third-order valence-corrected chi connectivity index (χ3v) is 7.38. The summed E-state index contributed by atoms with van der Waals surface area (Å²) in [5.74, 6) is -5.38. The zero-order chi connectivity index (χ0) is 27.4. The Kier molecular flexibility index (Phi) is 8.30. The summed E-state index contributed by atoms with van der Waals surface area (Å²) < 4.78 is 27.5. The standard InChI is InChI=1S/C25H31BF2N6O4/c26-31-7-6-30-21(35)5-4-15-2-1-3-16-12-33(13-19(15)16)22(36)9-17-8-20(32-23(17)37)24(38)34-14-25(27,28)10-18(34)11-29/h1-3,17-18,20,31H,4-10,12-14,26H2,(H,30,35)(H,32,37)/t17-,18-,20-/m0/s1. The minimum atomic E-state index is -3.14. The molecule has 202 valence electrons. The molecule has 4 rings (SSSR count). The summed E-state index contributed by atoms with van der Waals surface area (Å²) in [7, 11) is 1.81. The van der Waals surface area contributed by atoms with Crippen LogP contribution in [-0.2, 0) is 38.7 Å². The fourth-order valence-electron chi connectivity index (χ4n) is 5.35. The van der Waals surface area contributed by atoms with Crippen molar-refractivity contribution in [2.45, 2.75) is 63.2 Å². The van der Waals surface area contributed by atoms with Gasteiger partial charge in [-0.15, -0.1) is 0 Å². The second-order valence-corrected chi connectivity index (χ2v) is 10.1. The number of amides is 4. The van der Waals surface area contributed by atoms with E-state index < -0.39 is 48.7 Å². The largest absolute Gasteiger partial charge is 0.360 e. The summed E-state index contributed by atoms with van der Waals surface area (Å²) in [6, 6.07) is 5.24. The average Bonchev–Trinajstić information content (AvgIpc) is 3.57. The normalized spacial score (nSPS) is 23.6. The molecule has 1 aromatic rings. The van der Waals surface area contributed by atoms with Gasteiger partial charge in [-0.25, -0.2) is 8.78 Å². The van der Waals surface area contributed by atoms with Crippen LogP contribution < -0.4 is 15.9 Å². The fraction of sp³-hybridized carbons (Fsp3) is 0.560. The van der Waals surface area contributed by atoms with Crippen molar-refractivity contribution in [3.63, 3.8) is 0 Å². The van der Waals surface area contributed by atoms with Gasteiger partial charge in [0.2, 0.25) is 23.6 Å². The van der Waals surface area contributed by atoms with E-state index in [2.05, 4.69) is 15.9 Å². The monoisotopic (exact) mass is 528 g/mol. The lowest BCUT2D eigenvalue weighted by Crippen LogP contribution is -2.46. The molecular formula is C25H31BF2N6O4. The number of likely N-dealkylation sites (tertiary alicyclic amines) is 1. The van der Waals surface area contributed by atoms with Crippen molar-refractivity contribution in [3.8, 4) is 6.07 Å². The van der Waals surface area contributed by atoms with E-state index in [9.17, 15) is 28.0 Å². The molecule has 0 bridgehead atoms. The van der Waals surface area contributed by atoms with Crippen LogP contribution in [0.3, 0.4) is 0 Å². The van der Waals surface area contributed by atoms with Crippen molar-refractivity contribution < 1.29 is 28.0 Å². The maximum Gasteiger partial charge on any atom is 0.268 e. The van der Waals surface area contributed by atoms with Crippen LogP contribution in [0.2, 0.25) is 0 Å². The number of carbonyl (C=O) groups is 4. The molecule has 4 amide bonds. The lowest BCUT2D eigenvalue weighted by Gasteiger charge is -2.22. The van der Waals surface area contributed by atoms with Crippen LogP contribution in [0.4, 0.5) is 8.78 Å². The molecule has 0 saturated carbocycles. The SMILES string of the molecule is BNCCNC(=O)CCc1cccc2c1CN(C(=O)C[C@@H]1C[C@@H](C(=O)N3CC(F)(F)C[C@H]3C#N)NC1=O)C2. The molecule has 0 aromatic heterocycles. The van der Waals surface area contributed by atoms with Gasteiger partial charge in [-0.05, 0) is 29.5 Å². The molecule has 38 heavy (non-hydrogen) atoms. The van der Waals surface area contributed by atoms with E-state index in [0.29, 0.717) is 39.0 Å². The van der Waals surface area contributed by atoms with Crippen molar-refractivity contribution in [2.24, 2.45) is 5.92 Å². The summed E-state index contributed by atoms with van der Waals surface area (Å²) in [6.07, 6.45) is 0.0609.